The summed E-state index contributed by atoms with van der Waals surface area (Å²) < 4.78 is 33.8. The molecule has 0 aromatic heterocycles. The number of carbonyl (C=O) groups excluding carboxylic acids is 1. The van der Waals surface area contributed by atoms with Crippen LogP contribution in [0.25, 0.3) is 0 Å². The first-order valence-electron chi connectivity index (χ1n) is 9.06. The quantitative estimate of drug-likeness (QED) is 0.582. The largest absolute Gasteiger partial charge is 0.462 e. The Kier molecular flexibility index (Phi) is 8.25. The van der Waals surface area contributed by atoms with Crippen molar-refractivity contribution in [2.45, 2.75) is 17.9 Å². The van der Waals surface area contributed by atoms with Gasteiger partial charge in [-0.3, -0.25) is 0 Å². The lowest BCUT2D eigenvalue weighted by atomic mass is 10.1. The minimum atomic E-state index is -3.76. The number of carbonyl (C=O) groups is 1. The highest BCUT2D eigenvalue weighted by Crippen LogP contribution is 2.34. The highest BCUT2D eigenvalue weighted by Gasteiger charge is 2.37. The second-order valence-electron chi connectivity index (χ2n) is 6.67. The number of hydrogen-bond acceptors (Lipinski definition) is 5. The third kappa shape index (κ3) is 5.19. The molecule has 1 saturated heterocycles. The molecule has 0 saturated carbocycles. The first-order chi connectivity index (χ1) is 13.3. The van der Waals surface area contributed by atoms with E-state index in [2.05, 4.69) is 20.8 Å². The van der Waals surface area contributed by atoms with Gasteiger partial charge in [0, 0.05) is 24.1 Å². The monoisotopic (exact) mass is 502 g/mol. The van der Waals surface area contributed by atoms with Gasteiger partial charge in [-0.05, 0) is 53.7 Å². The highest BCUT2D eigenvalue weighted by molar-refractivity contribution is 9.10. The van der Waals surface area contributed by atoms with Crippen LogP contribution in [0.2, 0.25) is 0 Å². The van der Waals surface area contributed by atoms with Crippen molar-refractivity contribution in [3.05, 3.63) is 64.1 Å². The number of ether oxygens (including phenoxy) is 1. The molecule has 2 aromatic rings. The zero-order valence-electron chi connectivity index (χ0n) is 16.2. The molecule has 29 heavy (non-hydrogen) atoms. The summed E-state index contributed by atoms with van der Waals surface area (Å²) in [5, 5.41) is 0. The Balaban J connectivity index is 0.00000300. The van der Waals surface area contributed by atoms with E-state index in [0.29, 0.717) is 29.7 Å². The lowest BCUT2D eigenvalue weighted by Crippen LogP contribution is -2.49. The molecule has 2 aromatic carbocycles. The van der Waals surface area contributed by atoms with Crippen molar-refractivity contribution >= 4 is 44.3 Å². The van der Waals surface area contributed by atoms with Crippen LogP contribution in [0.1, 0.15) is 28.9 Å². The Bertz CT molecular complexity index is 956. The molecule has 9 heteroatoms. The standard InChI is InChI=1S/C20H23BrN2O4S.ClH/c1-3-27-20(24)16-9-10-19(17(21)13-16)28(25,26)23-12-11-22(2)14-18(23)15-7-5-4-6-8-15;/h4-10,13,18H,3,11-12,14H2,1-2H3;1H. The maximum atomic E-state index is 13.5. The van der Waals surface area contributed by atoms with Gasteiger partial charge >= 0.3 is 5.97 Å². The molecule has 1 fully saturated rings. The maximum absolute atomic E-state index is 13.5. The normalized spacial score (nSPS) is 18.1. The molecule has 1 heterocycles. The Morgan fingerprint density at radius 2 is 1.86 bits per heavy atom. The molecule has 6 nitrogen and oxygen atoms in total. The zero-order chi connectivity index (χ0) is 20.3. The van der Waals surface area contributed by atoms with Crippen molar-refractivity contribution in [3.8, 4) is 0 Å². The SMILES string of the molecule is CCOC(=O)c1ccc(S(=O)(=O)N2CCN(C)CC2c2ccccc2)c(Br)c1.Cl. The highest BCUT2D eigenvalue weighted by atomic mass is 79.9. The van der Waals surface area contributed by atoms with Gasteiger partial charge in [0.25, 0.3) is 0 Å². The number of piperazine rings is 1. The number of rotatable bonds is 5. The third-order valence-electron chi connectivity index (χ3n) is 4.75. The van der Waals surface area contributed by atoms with Gasteiger partial charge in [0.1, 0.15) is 0 Å². The van der Waals surface area contributed by atoms with Gasteiger partial charge in [-0.15, -0.1) is 12.4 Å². The van der Waals surface area contributed by atoms with Crippen LogP contribution in [0.3, 0.4) is 0 Å². The maximum Gasteiger partial charge on any atom is 0.338 e. The Hall–Kier alpha value is -1.45. The minimum absolute atomic E-state index is 0. The summed E-state index contributed by atoms with van der Waals surface area (Å²) in [6.07, 6.45) is 0. The summed E-state index contributed by atoms with van der Waals surface area (Å²) in [4.78, 5) is 14.2. The molecule has 0 spiro atoms. The number of esters is 1. The third-order valence-corrected chi connectivity index (χ3v) is 7.63. The summed E-state index contributed by atoms with van der Waals surface area (Å²) >= 11 is 3.33. The van der Waals surface area contributed by atoms with E-state index in [-0.39, 0.29) is 30.0 Å². The minimum Gasteiger partial charge on any atom is -0.462 e. The zero-order valence-corrected chi connectivity index (χ0v) is 19.5. The van der Waals surface area contributed by atoms with Gasteiger partial charge in [-0.2, -0.15) is 4.31 Å². The van der Waals surface area contributed by atoms with E-state index in [1.807, 2.05) is 37.4 Å². The summed E-state index contributed by atoms with van der Waals surface area (Å²) in [5.41, 5.74) is 1.27. The van der Waals surface area contributed by atoms with Crippen LogP contribution in [-0.2, 0) is 14.8 Å². The lowest BCUT2D eigenvalue weighted by Gasteiger charge is -2.39. The summed E-state index contributed by atoms with van der Waals surface area (Å²) in [5.74, 6) is -0.478. The first kappa shape index (κ1) is 23.8. The van der Waals surface area contributed by atoms with Gasteiger partial charge < -0.3 is 9.64 Å². The molecular weight excluding hydrogens is 480 g/mol. The van der Waals surface area contributed by atoms with Gasteiger partial charge in [0.15, 0.2) is 0 Å². The molecule has 1 aliphatic rings. The predicted octanol–water partition coefficient (Wildman–Crippen LogP) is 3.73. The molecule has 1 aliphatic heterocycles. The summed E-state index contributed by atoms with van der Waals surface area (Å²) in [6, 6.07) is 13.8. The number of benzene rings is 2. The van der Waals surface area contributed by atoms with Crippen molar-refractivity contribution in [2.24, 2.45) is 0 Å². The molecular formula is C20H24BrClN2O4S. The van der Waals surface area contributed by atoms with E-state index >= 15 is 0 Å². The average molecular weight is 504 g/mol. The fourth-order valence-electron chi connectivity index (χ4n) is 3.31. The van der Waals surface area contributed by atoms with E-state index in [0.717, 1.165) is 5.56 Å². The molecule has 0 aliphatic carbocycles. The lowest BCUT2D eigenvalue weighted by molar-refractivity contribution is 0.0526. The predicted molar refractivity (Wildman–Crippen MR) is 118 cm³/mol. The Morgan fingerprint density at radius 1 is 1.17 bits per heavy atom. The summed E-state index contributed by atoms with van der Waals surface area (Å²) in [7, 11) is -1.77. The number of sulfonamides is 1. The average Bonchev–Trinajstić information content (AvgIpc) is 2.68. The van der Waals surface area contributed by atoms with Crippen LogP contribution >= 0.6 is 28.3 Å². The van der Waals surface area contributed by atoms with Gasteiger partial charge in [0.2, 0.25) is 10.0 Å². The molecule has 3 rings (SSSR count). The van der Waals surface area contributed by atoms with Crippen LogP contribution < -0.4 is 0 Å². The van der Waals surface area contributed by atoms with E-state index < -0.39 is 16.0 Å². The topological polar surface area (TPSA) is 66.9 Å². The number of likely N-dealkylation sites (N-methyl/N-ethyl adjacent to an activating group) is 1. The molecule has 1 unspecified atom stereocenters. The van der Waals surface area contributed by atoms with Crippen molar-refractivity contribution < 1.29 is 17.9 Å². The van der Waals surface area contributed by atoms with E-state index in [4.69, 9.17) is 4.74 Å². The molecule has 0 bridgehead atoms. The van der Waals surface area contributed by atoms with Crippen LogP contribution in [0.4, 0.5) is 0 Å². The van der Waals surface area contributed by atoms with E-state index in [1.165, 1.54) is 18.2 Å². The second-order valence-corrected chi connectivity index (χ2v) is 9.38. The van der Waals surface area contributed by atoms with Crippen molar-refractivity contribution in [1.29, 1.82) is 0 Å². The molecule has 0 N–H and O–H groups in total. The second kappa shape index (κ2) is 10.0. The van der Waals surface area contributed by atoms with Crippen LogP contribution in [0.15, 0.2) is 57.9 Å². The molecule has 0 amide bonds. The van der Waals surface area contributed by atoms with Crippen LogP contribution in [-0.4, -0.2) is 56.9 Å². The first-order valence-corrected chi connectivity index (χ1v) is 11.3. The van der Waals surface area contributed by atoms with Crippen molar-refractivity contribution in [1.82, 2.24) is 9.21 Å². The fraction of sp³-hybridized carbons (Fsp3) is 0.350. The number of hydrogen-bond donors (Lipinski definition) is 0. The van der Waals surface area contributed by atoms with Gasteiger partial charge in [-0.25, -0.2) is 13.2 Å². The molecule has 0 radical (unpaired) electrons. The number of nitrogens with zero attached hydrogens (tertiary/aromatic N) is 2. The molecule has 1 atom stereocenters. The van der Waals surface area contributed by atoms with E-state index in [1.54, 1.807) is 11.2 Å². The summed E-state index contributed by atoms with van der Waals surface area (Å²) in [6.45, 7) is 3.65. The Labute approximate surface area is 186 Å². The van der Waals surface area contributed by atoms with E-state index in [9.17, 15) is 13.2 Å². The van der Waals surface area contributed by atoms with Crippen LogP contribution in [0.5, 0.6) is 0 Å². The number of halogens is 2. The van der Waals surface area contributed by atoms with Gasteiger partial charge in [0.05, 0.1) is 23.1 Å². The fourth-order valence-corrected chi connectivity index (χ4v) is 5.95. The smallest absolute Gasteiger partial charge is 0.338 e. The Morgan fingerprint density at radius 3 is 2.48 bits per heavy atom. The van der Waals surface area contributed by atoms with Crippen molar-refractivity contribution in [3.63, 3.8) is 0 Å². The molecule has 158 valence electrons. The van der Waals surface area contributed by atoms with Crippen molar-refractivity contribution in [2.75, 3.05) is 33.3 Å². The van der Waals surface area contributed by atoms with Gasteiger partial charge in [-0.1, -0.05) is 30.3 Å². The van der Waals surface area contributed by atoms with Crippen LogP contribution in [0, 0.1) is 0 Å².